The standard InChI is InChI=1S/C24H29FO3/c1-3-5-11-21(24(27)28-16-4-2)22(18-12-14-20(25)15-13-18)17-23(26)19-9-7-6-8-10-19/h6-10,12-15,21-22H,3-5,11,16-17H2,1-2H3/t21?,22-/m1/s1. The van der Waals surface area contributed by atoms with Crippen molar-refractivity contribution in [3.63, 3.8) is 0 Å². The number of rotatable bonds is 11. The van der Waals surface area contributed by atoms with Gasteiger partial charge in [0.05, 0.1) is 12.5 Å². The second kappa shape index (κ2) is 11.4. The Morgan fingerprint density at radius 2 is 1.64 bits per heavy atom. The third kappa shape index (κ3) is 6.29. The Kier molecular flexibility index (Phi) is 8.86. The fourth-order valence-corrected chi connectivity index (χ4v) is 3.36. The molecule has 0 aliphatic carbocycles. The second-order valence-electron chi connectivity index (χ2n) is 7.07. The minimum absolute atomic E-state index is 0.0280. The van der Waals surface area contributed by atoms with Crippen molar-refractivity contribution in [2.45, 2.75) is 51.9 Å². The Morgan fingerprint density at radius 1 is 0.964 bits per heavy atom. The molecule has 0 N–H and O–H groups in total. The number of Topliss-reactive ketones (excluding diaryl/α,β-unsaturated/α-hetero) is 1. The molecular formula is C24H29FO3. The van der Waals surface area contributed by atoms with E-state index >= 15 is 0 Å². The van der Waals surface area contributed by atoms with Gasteiger partial charge in [-0.1, -0.05) is 69.2 Å². The zero-order chi connectivity index (χ0) is 20.4. The molecule has 0 bridgehead atoms. The molecule has 150 valence electrons. The van der Waals surface area contributed by atoms with Gasteiger partial charge in [0.1, 0.15) is 5.82 Å². The molecule has 0 heterocycles. The quantitative estimate of drug-likeness (QED) is 0.356. The third-order valence-corrected chi connectivity index (χ3v) is 4.90. The fraction of sp³-hybridized carbons (Fsp3) is 0.417. The van der Waals surface area contributed by atoms with Crippen molar-refractivity contribution >= 4 is 11.8 Å². The molecule has 0 spiro atoms. The highest BCUT2D eigenvalue weighted by Gasteiger charge is 2.32. The number of hydrogen-bond acceptors (Lipinski definition) is 3. The molecule has 1 unspecified atom stereocenters. The molecule has 2 aromatic rings. The topological polar surface area (TPSA) is 43.4 Å². The lowest BCUT2D eigenvalue weighted by Crippen LogP contribution is -2.27. The van der Waals surface area contributed by atoms with Crippen LogP contribution in [-0.4, -0.2) is 18.4 Å². The first-order chi connectivity index (χ1) is 13.6. The lowest BCUT2D eigenvalue weighted by atomic mass is 9.79. The van der Waals surface area contributed by atoms with Gasteiger partial charge >= 0.3 is 5.97 Å². The van der Waals surface area contributed by atoms with Gasteiger partial charge in [-0.2, -0.15) is 0 Å². The van der Waals surface area contributed by atoms with Crippen LogP contribution in [0.1, 0.15) is 67.8 Å². The van der Waals surface area contributed by atoms with E-state index < -0.39 is 5.92 Å². The maximum Gasteiger partial charge on any atom is 0.309 e. The third-order valence-electron chi connectivity index (χ3n) is 4.90. The summed E-state index contributed by atoms with van der Waals surface area (Å²) in [5.41, 5.74) is 1.41. The first-order valence-electron chi connectivity index (χ1n) is 10.1. The first-order valence-corrected chi connectivity index (χ1v) is 10.1. The average Bonchev–Trinajstić information content (AvgIpc) is 2.72. The van der Waals surface area contributed by atoms with Crippen molar-refractivity contribution in [1.82, 2.24) is 0 Å². The van der Waals surface area contributed by atoms with E-state index in [1.807, 2.05) is 25.1 Å². The van der Waals surface area contributed by atoms with Crippen molar-refractivity contribution in [3.05, 3.63) is 71.5 Å². The molecule has 0 aliphatic heterocycles. The van der Waals surface area contributed by atoms with Crippen LogP contribution in [0, 0.1) is 11.7 Å². The predicted octanol–water partition coefficient (Wildman–Crippen LogP) is 5.94. The summed E-state index contributed by atoms with van der Waals surface area (Å²) in [6.45, 7) is 4.38. The average molecular weight is 384 g/mol. The number of ether oxygens (including phenoxy) is 1. The lowest BCUT2D eigenvalue weighted by Gasteiger charge is -2.26. The second-order valence-corrected chi connectivity index (χ2v) is 7.07. The largest absolute Gasteiger partial charge is 0.465 e. The van der Waals surface area contributed by atoms with Gasteiger partial charge in [-0.25, -0.2) is 4.39 Å². The van der Waals surface area contributed by atoms with Gasteiger partial charge in [0.25, 0.3) is 0 Å². The highest BCUT2D eigenvalue weighted by molar-refractivity contribution is 5.96. The number of halogens is 1. The number of ketones is 1. The highest BCUT2D eigenvalue weighted by atomic mass is 19.1. The summed E-state index contributed by atoms with van der Waals surface area (Å²) < 4.78 is 18.9. The summed E-state index contributed by atoms with van der Waals surface area (Å²) in [6.07, 6.45) is 3.38. The molecule has 0 amide bonds. The molecule has 0 saturated carbocycles. The Morgan fingerprint density at radius 3 is 2.25 bits per heavy atom. The number of esters is 1. The van der Waals surface area contributed by atoms with Crippen molar-refractivity contribution in [3.8, 4) is 0 Å². The van der Waals surface area contributed by atoms with Gasteiger partial charge in [-0.3, -0.25) is 9.59 Å². The van der Waals surface area contributed by atoms with Gasteiger partial charge in [-0.15, -0.1) is 0 Å². The van der Waals surface area contributed by atoms with E-state index in [0.29, 0.717) is 18.6 Å². The van der Waals surface area contributed by atoms with E-state index in [1.165, 1.54) is 12.1 Å². The zero-order valence-corrected chi connectivity index (χ0v) is 16.7. The zero-order valence-electron chi connectivity index (χ0n) is 16.7. The minimum atomic E-state index is -0.426. The molecule has 28 heavy (non-hydrogen) atoms. The predicted molar refractivity (Wildman–Crippen MR) is 109 cm³/mol. The van der Waals surface area contributed by atoms with Crippen LogP contribution >= 0.6 is 0 Å². The normalized spacial score (nSPS) is 13.0. The number of carbonyl (C=O) groups excluding carboxylic acids is 2. The number of carbonyl (C=O) groups is 2. The lowest BCUT2D eigenvalue weighted by molar-refractivity contribution is -0.149. The molecule has 2 atom stereocenters. The molecule has 3 nitrogen and oxygen atoms in total. The van der Waals surface area contributed by atoms with Crippen LogP contribution in [-0.2, 0) is 9.53 Å². The van der Waals surface area contributed by atoms with E-state index in [1.54, 1.807) is 24.3 Å². The number of benzene rings is 2. The first kappa shape index (κ1) is 21.8. The molecule has 0 radical (unpaired) electrons. The SMILES string of the molecule is CCCCC(C(=O)OCCC)[C@H](CC(=O)c1ccccc1)c1ccc(F)cc1. The van der Waals surface area contributed by atoms with Crippen molar-refractivity contribution in [1.29, 1.82) is 0 Å². The van der Waals surface area contributed by atoms with Crippen LogP contribution in [0.4, 0.5) is 4.39 Å². The summed E-state index contributed by atoms with van der Waals surface area (Å²) in [5, 5.41) is 0. The van der Waals surface area contributed by atoms with Crippen molar-refractivity contribution < 1.29 is 18.7 Å². The fourth-order valence-electron chi connectivity index (χ4n) is 3.36. The Labute approximate surface area is 166 Å². The molecule has 0 saturated heterocycles. The van der Waals surface area contributed by atoms with Crippen LogP contribution in [0.3, 0.4) is 0 Å². The molecule has 4 heteroatoms. The molecule has 0 fully saturated rings. The van der Waals surface area contributed by atoms with Gasteiger partial charge in [-0.05, 0) is 30.5 Å². The van der Waals surface area contributed by atoms with Crippen LogP contribution in [0.5, 0.6) is 0 Å². The molecule has 0 aliphatic rings. The maximum absolute atomic E-state index is 13.4. The van der Waals surface area contributed by atoms with Gasteiger partial charge in [0.2, 0.25) is 0 Å². The van der Waals surface area contributed by atoms with E-state index in [2.05, 4.69) is 6.92 Å². The number of unbranched alkanes of at least 4 members (excludes halogenated alkanes) is 1. The maximum atomic E-state index is 13.4. The summed E-state index contributed by atoms with van der Waals surface area (Å²) >= 11 is 0. The van der Waals surface area contributed by atoms with Crippen LogP contribution < -0.4 is 0 Å². The molecular weight excluding hydrogens is 355 g/mol. The van der Waals surface area contributed by atoms with E-state index in [4.69, 9.17) is 4.74 Å². The van der Waals surface area contributed by atoms with Crippen molar-refractivity contribution in [2.24, 2.45) is 5.92 Å². The monoisotopic (exact) mass is 384 g/mol. The molecule has 0 aromatic heterocycles. The smallest absolute Gasteiger partial charge is 0.309 e. The van der Waals surface area contributed by atoms with Crippen LogP contribution in [0.15, 0.2) is 54.6 Å². The Bertz CT molecular complexity index is 740. The summed E-state index contributed by atoms with van der Waals surface area (Å²) in [6, 6.07) is 15.2. The molecule has 2 rings (SSSR count). The highest BCUT2D eigenvalue weighted by Crippen LogP contribution is 2.34. The van der Waals surface area contributed by atoms with Gasteiger partial charge in [0, 0.05) is 17.9 Å². The Hall–Kier alpha value is -2.49. The van der Waals surface area contributed by atoms with E-state index in [0.717, 1.165) is 24.8 Å². The van der Waals surface area contributed by atoms with Gasteiger partial charge < -0.3 is 4.74 Å². The minimum Gasteiger partial charge on any atom is -0.465 e. The summed E-state index contributed by atoms with van der Waals surface area (Å²) in [4.78, 5) is 25.7. The van der Waals surface area contributed by atoms with Crippen molar-refractivity contribution in [2.75, 3.05) is 6.61 Å². The van der Waals surface area contributed by atoms with E-state index in [9.17, 15) is 14.0 Å². The van der Waals surface area contributed by atoms with Gasteiger partial charge in [0.15, 0.2) is 5.78 Å². The summed E-state index contributed by atoms with van der Waals surface area (Å²) in [5.74, 6) is -1.41. The Balaban J connectivity index is 2.34. The van der Waals surface area contributed by atoms with E-state index in [-0.39, 0.29) is 29.9 Å². The van der Waals surface area contributed by atoms with Crippen LogP contribution in [0.25, 0.3) is 0 Å². The number of hydrogen-bond donors (Lipinski definition) is 0. The van der Waals surface area contributed by atoms with Crippen LogP contribution in [0.2, 0.25) is 0 Å². The molecule has 2 aromatic carbocycles. The summed E-state index contributed by atoms with van der Waals surface area (Å²) in [7, 11) is 0.